The molecule has 0 aliphatic carbocycles. The number of hydrogen-bond donors (Lipinski definition) is 1. The van der Waals surface area contributed by atoms with E-state index in [0.717, 1.165) is 64.9 Å². The normalized spacial score (nSPS) is 27.7. The lowest BCUT2D eigenvalue weighted by molar-refractivity contribution is -0.132. The Labute approximate surface area is 168 Å². The first kappa shape index (κ1) is 20.7. The van der Waals surface area contributed by atoms with Gasteiger partial charge in [-0.25, -0.2) is 0 Å². The monoisotopic (exact) mass is 465 g/mol. The maximum Gasteiger partial charge on any atom is 0.224 e. The molecule has 1 atom stereocenters. The van der Waals surface area contributed by atoms with Gasteiger partial charge in [-0.15, -0.1) is 24.0 Å². The van der Waals surface area contributed by atoms with Crippen LogP contribution in [0.1, 0.15) is 19.3 Å². The van der Waals surface area contributed by atoms with Gasteiger partial charge in [0.15, 0.2) is 5.96 Å². The number of likely N-dealkylation sites (N-methyl/N-ethyl adjacent to an activating group) is 1. The molecule has 3 saturated heterocycles. The van der Waals surface area contributed by atoms with Gasteiger partial charge in [-0.3, -0.25) is 9.79 Å². The molecule has 25 heavy (non-hydrogen) atoms. The molecule has 0 aromatic carbocycles. The van der Waals surface area contributed by atoms with Crippen molar-refractivity contribution in [3.8, 4) is 0 Å². The van der Waals surface area contributed by atoms with Crippen molar-refractivity contribution < 1.29 is 9.53 Å². The topological polar surface area (TPSA) is 60.4 Å². The summed E-state index contributed by atoms with van der Waals surface area (Å²) in [6.45, 7) is 8.09. The van der Waals surface area contributed by atoms with Crippen molar-refractivity contribution in [1.29, 1.82) is 0 Å². The van der Waals surface area contributed by atoms with Crippen LogP contribution in [-0.4, -0.2) is 99.7 Å². The van der Waals surface area contributed by atoms with Crippen LogP contribution in [0.2, 0.25) is 0 Å². The first-order valence-corrected chi connectivity index (χ1v) is 9.12. The van der Waals surface area contributed by atoms with E-state index in [0.29, 0.717) is 18.4 Å². The average Bonchev–Trinajstić information content (AvgIpc) is 3.22. The average molecular weight is 465 g/mol. The van der Waals surface area contributed by atoms with Gasteiger partial charge < -0.3 is 24.8 Å². The zero-order chi connectivity index (χ0) is 17.0. The molecule has 0 aromatic rings. The van der Waals surface area contributed by atoms with E-state index in [1.165, 1.54) is 6.42 Å². The molecule has 0 radical (unpaired) electrons. The van der Waals surface area contributed by atoms with Gasteiger partial charge >= 0.3 is 0 Å². The van der Waals surface area contributed by atoms with Gasteiger partial charge in [0.1, 0.15) is 0 Å². The lowest BCUT2D eigenvalue weighted by Gasteiger charge is -2.32. The highest BCUT2D eigenvalue weighted by Gasteiger charge is 2.42. The predicted molar refractivity (Wildman–Crippen MR) is 110 cm³/mol. The first-order chi connectivity index (χ1) is 11.6. The summed E-state index contributed by atoms with van der Waals surface area (Å²) >= 11 is 0. The molecule has 144 valence electrons. The Kier molecular flexibility index (Phi) is 7.75. The molecule has 8 heteroatoms. The van der Waals surface area contributed by atoms with Gasteiger partial charge in [-0.2, -0.15) is 0 Å². The second-order valence-corrected chi connectivity index (χ2v) is 7.38. The lowest BCUT2D eigenvalue weighted by atomic mass is 9.87. The molecule has 0 aromatic heterocycles. The molecule has 1 amide bonds. The number of carbonyl (C=O) groups is 1. The van der Waals surface area contributed by atoms with E-state index in [-0.39, 0.29) is 29.9 Å². The molecule has 3 heterocycles. The smallest absolute Gasteiger partial charge is 0.224 e. The van der Waals surface area contributed by atoms with Crippen LogP contribution in [0.3, 0.4) is 0 Å². The molecule has 0 bridgehead atoms. The number of piperazine rings is 1. The van der Waals surface area contributed by atoms with E-state index in [1.807, 2.05) is 11.9 Å². The van der Waals surface area contributed by atoms with E-state index in [2.05, 4.69) is 27.2 Å². The second kappa shape index (κ2) is 9.36. The minimum absolute atomic E-state index is 0. The Morgan fingerprint density at radius 3 is 2.56 bits per heavy atom. The third kappa shape index (κ3) is 5.19. The number of carbonyl (C=O) groups excluding carboxylic acids is 1. The Morgan fingerprint density at radius 1 is 1.16 bits per heavy atom. The summed E-state index contributed by atoms with van der Waals surface area (Å²) in [5, 5.41) is 3.37. The van der Waals surface area contributed by atoms with Crippen molar-refractivity contribution in [2.24, 2.45) is 10.4 Å². The number of rotatable bonds is 3. The number of nitrogens with zero attached hydrogens (tertiary/aromatic N) is 4. The summed E-state index contributed by atoms with van der Waals surface area (Å²) in [6.07, 6.45) is 2.86. The molecular formula is C17H32IN5O2. The van der Waals surface area contributed by atoms with Crippen LogP contribution in [0.5, 0.6) is 0 Å². The molecule has 1 spiro atoms. The van der Waals surface area contributed by atoms with Crippen molar-refractivity contribution in [3.63, 3.8) is 0 Å². The van der Waals surface area contributed by atoms with E-state index >= 15 is 0 Å². The van der Waals surface area contributed by atoms with Crippen molar-refractivity contribution in [2.75, 3.05) is 73.1 Å². The molecule has 1 unspecified atom stereocenters. The highest BCUT2D eigenvalue weighted by Crippen LogP contribution is 2.38. The predicted octanol–water partition coefficient (Wildman–Crippen LogP) is 0.456. The molecule has 3 rings (SSSR count). The SMILES string of the molecule is CN=C(NCCC(=O)N1CCN(C)CC1)N1CCC2(CCOC2)C1.I. The molecule has 0 saturated carbocycles. The molecule has 3 fully saturated rings. The zero-order valence-corrected chi connectivity index (χ0v) is 17.8. The van der Waals surface area contributed by atoms with Crippen LogP contribution in [0.15, 0.2) is 4.99 Å². The number of aliphatic imine (C=N–C) groups is 1. The maximum absolute atomic E-state index is 12.3. The van der Waals surface area contributed by atoms with Crippen molar-refractivity contribution >= 4 is 35.8 Å². The Morgan fingerprint density at radius 2 is 1.92 bits per heavy atom. The standard InChI is InChI=1S/C17H31N5O2.HI/c1-18-16(22-7-4-17(13-22)5-12-24-14-17)19-6-3-15(23)21-10-8-20(2)9-11-21;/h3-14H2,1-2H3,(H,18,19);1H. The highest BCUT2D eigenvalue weighted by atomic mass is 127. The number of ether oxygens (including phenoxy) is 1. The third-order valence-corrected chi connectivity index (χ3v) is 5.61. The Bertz CT molecular complexity index is 474. The summed E-state index contributed by atoms with van der Waals surface area (Å²) in [4.78, 5) is 23.3. The molecule has 3 aliphatic heterocycles. The van der Waals surface area contributed by atoms with Gasteiger partial charge in [0.2, 0.25) is 5.91 Å². The van der Waals surface area contributed by atoms with Crippen molar-refractivity contribution in [3.05, 3.63) is 0 Å². The number of nitrogens with one attached hydrogen (secondary N) is 1. The molecule has 1 N–H and O–H groups in total. The van der Waals surface area contributed by atoms with Crippen LogP contribution >= 0.6 is 24.0 Å². The Balaban J connectivity index is 0.00000225. The number of amides is 1. The second-order valence-electron chi connectivity index (χ2n) is 7.38. The Hall–Kier alpha value is -0.610. The van der Waals surface area contributed by atoms with Gasteiger partial charge in [-0.1, -0.05) is 0 Å². The van der Waals surface area contributed by atoms with Crippen LogP contribution in [0, 0.1) is 5.41 Å². The number of hydrogen-bond acceptors (Lipinski definition) is 4. The van der Waals surface area contributed by atoms with E-state index < -0.39 is 0 Å². The van der Waals surface area contributed by atoms with E-state index in [9.17, 15) is 4.79 Å². The molecular weight excluding hydrogens is 433 g/mol. The number of guanidine groups is 1. The summed E-state index contributed by atoms with van der Waals surface area (Å²) in [6, 6.07) is 0. The summed E-state index contributed by atoms with van der Waals surface area (Å²) in [7, 11) is 3.92. The quantitative estimate of drug-likeness (QED) is 0.373. The number of likely N-dealkylation sites (tertiary alicyclic amines) is 1. The molecule has 3 aliphatic rings. The van der Waals surface area contributed by atoms with E-state index in [4.69, 9.17) is 4.74 Å². The summed E-state index contributed by atoms with van der Waals surface area (Å²) < 4.78 is 5.59. The fourth-order valence-electron chi connectivity index (χ4n) is 3.91. The zero-order valence-electron chi connectivity index (χ0n) is 15.5. The molecule has 7 nitrogen and oxygen atoms in total. The van der Waals surface area contributed by atoms with E-state index in [1.54, 1.807) is 0 Å². The van der Waals surface area contributed by atoms with Crippen LogP contribution in [0.25, 0.3) is 0 Å². The van der Waals surface area contributed by atoms with Crippen LogP contribution < -0.4 is 5.32 Å². The van der Waals surface area contributed by atoms with Gasteiger partial charge in [0, 0.05) is 71.3 Å². The first-order valence-electron chi connectivity index (χ1n) is 9.12. The van der Waals surface area contributed by atoms with Crippen LogP contribution in [-0.2, 0) is 9.53 Å². The summed E-state index contributed by atoms with van der Waals surface area (Å²) in [5.74, 6) is 1.16. The van der Waals surface area contributed by atoms with Crippen LogP contribution in [0.4, 0.5) is 0 Å². The summed E-state index contributed by atoms with van der Waals surface area (Å²) in [5.41, 5.74) is 0.327. The fourth-order valence-corrected chi connectivity index (χ4v) is 3.91. The van der Waals surface area contributed by atoms with Gasteiger partial charge in [0.25, 0.3) is 0 Å². The minimum atomic E-state index is 0. The van der Waals surface area contributed by atoms with Gasteiger partial charge in [-0.05, 0) is 19.9 Å². The fraction of sp³-hybridized carbons (Fsp3) is 0.882. The van der Waals surface area contributed by atoms with Gasteiger partial charge in [0.05, 0.1) is 6.61 Å². The maximum atomic E-state index is 12.3. The largest absolute Gasteiger partial charge is 0.381 e. The highest BCUT2D eigenvalue weighted by molar-refractivity contribution is 14.0. The van der Waals surface area contributed by atoms with Crippen molar-refractivity contribution in [2.45, 2.75) is 19.3 Å². The number of halogens is 1. The van der Waals surface area contributed by atoms with Crippen molar-refractivity contribution in [1.82, 2.24) is 20.0 Å². The lowest BCUT2D eigenvalue weighted by Crippen LogP contribution is -2.48. The minimum Gasteiger partial charge on any atom is -0.381 e. The third-order valence-electron chi connectivity index (χ3n) is 5.61.